The standard InChI is InChI=1S/C14H20N2OS/c1-4-15-13-11-6-5-10(18-8-9(2)3)7-12(11)16-14(13)17/h5-7,9,13,15H,4,8H2,1-3H3,(H,16,17). The lowest BCUT2D eigenvalue weighted by Gasteiger charge is -2.10. The van der Waals surface area contributed by atoms with Gasteiger partial charge in [-0.2, -0.15) is 0 Å². The Morgan fingerprint density at radius 1 is 1.44 bits per heavy atom. The number of amides is 1. The maximum Gasteiger partial charge on any atom is 0.246 e. The van der Waals surface area contributed by atoms with Crippen LogP contribution in [-0.4, -0.2) is 18.2 Å². The molecule has 0 saturated heterocycles. The third-order valence-electron chi connectivity index (χ3n) is 2.85. The molecular formula is C14H20N2OS. The first kappa shape index (κ1) is 13.4. The van der Waals surface area contributed by atoms with E-state index >= 15 is 0 Å². The smallest absolute Gasteiger partial charge is 0.246 e. The average Bonchev–Trinajstić information content (AvgIpc) is 2.63. The molecular weight excluding hydrogens is 244 g/mol. The molecule has 0 aromatic heterocycles. The fraction of sp³-hybridized carbons (Fsp3) is 0.500. The van der Waals surface area contributed by atoms with Crippen LogP contribution in [0.3, 0.4) is 0 Å². The third kappa shape index (κ3) is 2.87. The number of benzene rings is 1. The van der Waals surface area contributed by atoms with Gasteiger partial charge in [0, 0.05) is 21.9 Å². The molecule has 1 unspecified atom stereocenters. The number of fused-ring (bicyclic) bond motifs is 1. The van der Waals surface area contributed by atoms with E-state index in [1.807, 2.05) is 18.7 Å². The van der Waals surface area contributed by atoms with Crippen molar-refractivity contribution in [1.82, 2.24) is 5.32 Å². The van der Waals surface area contributed by atoms with Crippen LogP contribution in [-0.2, 0) is 4.79 Å². The molecule has 1 aliphatic heterocycles. The van der Waals surface area contributed by atoms with E-state index in [1.54, 1.807) is 0 Å². The summed E-state index contributed by atoms with van der Waals surface area (Å²) in [5.41, 5.74) is 2.02. The van der Waals surface area contributed by atoms with Crippen LogP contribution < -0.4 is 10.6 Å². The Morgan fingerprint density at radius 2 is 2.22 bits per heavy atom. The predicted molar refractivity (Wildman–Crippen MR) is 77.1 cm³/mol. The zero-order valence-electron chi connectivity index (χ0n) is 11.1. The third-order valence-corrected chi connectivity index (χ3v) is 4.27. The quantitative estimate of drug-likeness (QED) is 0.803. The number of hydrogen-bond donors (Lipinski definition) is 2. The van der Waals surface area contributed by atoms with Crippen LogP contribution in [0.1, 0.15) is 32.4 Å². The van der Waals surface area contributed by atoms with Gasteiger partial charge in [0.05, 0.1) is 0 Å². The largest absolute Gasteiger partial charge is 0.324 e. The number of rotatable bonds is 5. The molecule has 2 N–H and O–H groups in total. The SMILES string of the molecule is CCNC1C(=O)Nc2cc(SCC(C)C)ccc21. The maximum absolute atomic E-state index is 11.8. The van der Waals surface area contributed by atoms with Gasteiger partial charge in [0.1, 0.15) is 6.04 Å². The molecule has 18 heavy (non-hydrogen) atoms. The van der Waals surface area contributed by atoms with Gasteiger partial charge in [0.2, 0.25) is 5.91 Å². The highest BCUT2D eigenvalue weighted by molar-refractivity contribution is 7.99. The van der Waals surface area contributed by atoms with Gasteiger partial charge in [0.25, 0.3) is 0 Å². The van der Waals surface area contributed by atoms with Gasteiger partial charge in [-0.05, 0) is 24.6 Å². The fourth-order valence-corrected chi connectivity index (χ4v) is 2.89. The highest BCUT2D eigenvalue weighted by atomic mass is 32.2. The lowest BCUT2D eigenvalue weighted by atomic mass is 10.1. The van der Waals surface area contributed by atoms with Crippen molar-refractivity contribution in [1.29, 1.82) is 0 Å². The number of likely N-dealkylation sites (N-methyl/N-ethyl adjacent to an activating group) is 1. The van der Waals surface area contributed by atoms with Crippen LogP contribution in [0.2, 0.25) is 0 Å². The van der Waals surface area contributed by atoms with Crippen molar-refractivity contribution in [3.63, 3.8) is 0 Å². The molecule has 98 valence electrons. The predicted octanol–water partition coefficient (Wildman–Crippen LogP) is 3.04. The van der Waals surface area contributed by atoms with Crippen LogP contribution in [0.5, 0.6) is 0 Å². The summed E-state index contributed by atoms with van der Waals surface area (Å²) in [6.45, 7) is 7.23. The van der Waals surface area contributed by atoms with Gasteiger partial charge in [0.15, 0.2) is 0 Å². The molecule has 1 heterocycles. The van der Waals surface area contributed by atoms with Gasteiger partial charge >= 0.3 is 0 Å². The van der Waals surface area contributed by atoms with Crippen molar-refractivity contribution in [3.05, 3.63) is 23.8 Å². The minimum Gasteiger partial charge on any atom is -0.324 e. The summed E-state index contributed by atoms with van der Waals surface area (Å²) in [4.78, 5) is 13.0. The Balaban J connectivity index is 2.14. The van der Waals surface area contributed by atoms with Gasteiger partial charge in [-0.15, -0.1) is 11.8 Å². The highest BCUT2D eigenvalue weighted by Gasteiger charge is 2.29. The summed E-state index contributed by atoms with van der Waals surface area (Å²) in [5.74, 6) is 1.83. The summed E-state index contributed by atoms with van der Waals surface area (Å²) in [7, 11) is 0. The summed E-state index contributed by atoms with van der Waals surface area (Å²) in [6.07, 6.45) is 0. The van der Waals surface area contributed by atoms with E-state index < -0.39 is 0 Å². The van der Waals surface area contributed by atoms with Gasteiger partial charge in [-0.1, -0.05) is 26.8 Å². The molecule has 1 atom stereocenters. The van der Waals surface area contributed by atoms with Crippen molar-refractivity contribution < 1.29 is 4.79 Å². The van der Waals surface area contributed by atoms with E-state index in [0.717, 1.165) is 23.5 Å². The van der Waals surface area contributed by atoms with E-state index in [-0.39, 0.29) is 11.9 Å². The van der Waals surface area contributed by atoms with Gasteiger partial charge < -0.3 is 10.6 Å². The van der Waals surface area contributed by atoms with E-state index in [0.29, 0.717) is 5.92 Å². The Hall–Kier alpha value is -1.00. The van der Waals surface area contributed by atoms with E-state index in [1.165, 1.54) is 4.90 Å². The molecule has 4 heteroatoms. The molecule has 1 aromatic rings. The molecule has 0 spiro atoms. The Morgan fingerprint density at radius 3 is 2.89 bits per heavy atom. The van der Waals surface area contributed by atoms with Crippen molar-refractivity contribution in [2.45, 2.75) is 31.7 Å². The van der Waals surface area contributed by atoms with Crippen molar-refractivity contribution in [2.24, 2.45) is 5.92 Å². The van der Waals surface area contributed by atoms with Crippen LogP contribution in [0.15, 0.2) is 23.1 Å². The van der Waals surface area contributed by atoms with Gasteiger partial charge in [-0.3, -0.25) is 4.79 Å². The van der Waals surface area contributed by atoms with Crippen LogP contribution in [0, 0.1) is 5.92 Å². The summed E-state index contributed by atoms with van der Waals surface area (Å²) in [6, 6.07) is 6.06. The Bertz CT molecular complexity index is 445. The second-order valence-corrected chi connectivity index (χ2v) is 6.03. The zero-order valence-corrected chi connectivity index (χ0v) is 11.9. The van der Waals surface area contributed by atoms with Crippen LogP contribution >= 0.6 is 11.8 Å². The second kappa shape index (κ2) is 5.76. The average molecular weight is 264 g/mol. The second-order valence-electron chi connectivity index (χ2n) is 4.93. The van der Waals surface area contributed by atoms with Crippen LogP contribution in [0.4, 0.5) is 5.69 Å². The maximum atomic E-state index is 11.8. The Labute approximate surface area is 113 Å². The number of nitrogens with one attached hydrogen (secondary N) is 2. The lowest BCUT2D eigenvalue weighted by molar-refractivity contribution is -0.117. The minimum absolute atomic E-state index is 0.0536. The number of thioether (sulfide) groups is 1. The highest BCUT2D eigenvalue weighted by Crippen LogP contribution is 2.34. The minimum atomic E-state index is -0.186. The molecule has 0 aliphatic carbocycles. The summed E-state index contributed by atoms with van der Waals surface area (Å²) >= 11 is 1.84. The number of anilines is 1. The number of carbonyl (C=O) groups is 1. The molecule has 0 fully saturated rings. The lowest BCUT2D eigenvalue weighted by Crippen LogP contribution is -2.27. The normalized spacial score (nSPS) is 18.0. The van der Waals surface area contributed by atoms with Crippen molar-refractivity contribution in [2.75, 3.05) is 17.6 Å². The molecule has 1 amide bonds. The van der Waals surface area contributed by atoms with Crippen LogP contribution in [0.25, 0.3) is 0 Å². The number of hydrogen-bond acceptors (Lipinski definition) is 3. The Kier molecular flexibility index (Phi) is 4.30. The summed E-state index contributed by atoms with van der Waals surface area (Å²) in [5, 5.41) is 6.15. The molecule has 1 aromatic carbocycles. The molecule has 2 rings (SSSR count). The first-order chi connectivity index (χ1) is 8.61. The number of carbonyl (C=O) groups excluding carboxylic acids is 1. The molecule has 0 bridgehead atoms. The van der Waals surface area contributed by atoms with E-state index in [9.17, 15) is 4.79 Å². The van der Waals surface area contributed by atoms with Gasteiger partial charge in [-0.25, -0.2) is 0 Å². The summed E-state index contributed by atoms with van der Waals surface area (Å²) < 4.78 is 0. The molecule has 1 aliphatic rings. The molecule has 0 radical (unpaired) electrons. The topological polar surface area (TPSA) is 41.1 Å². The monoisotopic (exact) mass is 264 g/mol. The fourth-order valence-electron chi connectivity index (χ4n) is 2.00. The first-order valence-electron chi connectivity index (χ1n) is 6.42. The molecule has 0 saturated carbocycles. The zero-order chi connectivity index (χ0) is 13.1. The van der Waals surface area contributed by atoms with E-state index in [2.05, 4.69) is 42.7 Å². The first-order valence-corrected chi connectivity index (χ1v) is 7.41. The van der Waals surface area contributed by atoms with Crippen molar-refractivity contribution >= 4 is 23.4 Å². The van der Waals surface area contributed by atoms with Crippen molar-refractivity contribution in [3.8, 4) is 0 Å². The van der Waals surface area contributed by atoms with E-state index in [4.69, 9.17) is 0 Å². The molecule has 3 nitrogen and oxygen atoms in total.